The summed E-state index contributed by atoms with van der Waals surface area (Å²) in [4.78, 5) is 2.55. The fourth-order valence-electron chi connectivity index (χ4n) is 4.14. The molecule has 1 saturated heterocycles. The molecule has 0 radical (unpaired) electrons. The number of sulfonamides is 1. The van der Waals surface area contributed by atoms with Gasteiger partial charge in [-0.05, 0) is 35.7 Å². The van der Waals surface area contributed by atoms with Crippen molar-refractivity contribution in [3.05, 3.63) is 101 Å². The molecule has 0 aromatic heterocycles. The molecule has 0 amide bonds. The zero-order valence-electron chi connectivity index (χ0n) is 18.7. The first kappa shape index (κ1) is 23.9. The summed E-state index contributed by atoms with van der Waals surface area (Å²) in [5.74, 6) is 0. The number of rotatable bonds is 8. The van der Waals surface area contributed by atoms with Crippen molar-refractivity contribution in [2.24, 2.45) is 0 Å². The summed E-state index contributed by atoms with van der Waals surface area (Å²) in [7, 11) is -3.55. The SMILES string of the molecule is Cc1c(Cl)cccc1S(=O)(=O)N1CCN(CCOC(c2ccccc2)c2ccccc2)CC1. The normalized spacial score (nSPS) is 15.7. The molecule has 0 saturated carbocycles. The van der Waals surface area contributed by atoms with Gasteiger partial charge in [0.1, 0.15) is 6.10 Å². The number of piperazine rings is 1. The monoisotopic (exact) mass is 484 g/mol. The molecule has 3 aromatic rings. The highest BCUT2D eigenvalue weighted by atomic mass is 35.5. The van der Waals surface area contributed by atoms with Crippen LogP contribution in [0.1, 0.15) is 22.8 Å². The molecule has 1 aliphatic heterocycles. The molecule has 7 heteroatoms. The zero-order chi connectivity index (χ0) is 23.3. The van der Waals surface area contributed by atoms with Gasteiger partial charge >= 0.3 is 0 Å². The largest absolute Gasteiger partial charge is 0.367 e. The van der Waals surface area contributed by atoms with Crippen molar-refractivity contribution in [3.8, 4) is 0 Å². The van der Waals surface area contributed by atoms with Crippen molar-refractivity contribution < 1.29 is 13.2 Å². The molecule has 4 rings (SSSR count). The minimum absolute atomic E-state index is 0.125. The van der Waals surface area contributed by atoms with E-state index in [9.17, 15) is 8.42 Å². The lowest BCUT2D eigenvalue weighted by molar-refractivity contribution is 0.0527. The molecule has 33 heavy (non-hydrogen) atoms. The van der Waals surface area contributed by atoms with Crippen LogP contribution in [0.2, 0.25) is 5.02 Å². The van der Waals surface area contributed by atoms with Gasteiger partial charge in [0.2, 0.25) is 10.0 Å². The molecule has 1 aliphatic rings. The van der Waals surface area contributed by atoms with Crippen LogP contribution in [0.4, 0.5) is 0 Å². The Morgan fingerprint density at radius 3 is 2.00 bits per heavy atom. The van der Waals surface area contributed by atoms with E-state index in [2.05, 4.69) is 29.2 Å². The fraction of sp³-hybridized carbons (Fsp3) is 0.308. The molecule has 0 aliphatic carbocycles. The van der Waals surface area contributed by atoms with Crippen LogP contribution in [0.25, 0.3) is 0 Å². The third-order valence-corrected chi connectivity index (χ3v) is 8.52. The standard InChI is InChI=1S/C26H29ClN2O3S/c1-21-24(27)13-8-14-25(21)33(30,31)29-17-15-28(16-18-29)19-20-32-26(22-9-4-2-5-10-22)23-11-6-3-7-12-23/h2-14,26H,15-20H2,1H3. The summed E-state index contributed by atoms with van der Waals surface area (Å²) in [6, 6.07) is 25.5. The molecule has 5 nitrogen and oxygen atoms in total. The molecule has 1 fully saturated rings. The Kier molecular flexibility index (Phi) is 7.83. The van der Waals surface area contributed by atoms with Crippen LogP contribution in [-0.4, -0.2) is 57.0 Å². The van der Waals surface area contributed by atoms with E-state index in [1.807, 2.05) is 36.4 Å². The topological polar surface area (TPSA) is 49.9 Å². The van der Waals surface area contributed by atoms with Crippen LogP contribution in [0.3, 0.4) is 0 Å². The highest BCUT2D eigenvalue weighted by Gasteiger charge is 2.30. The van der Waals surface area contributed by atoms with E-state index < -0.39 is 10.0 Å². The van der Waals surface area contributed by atoms with Crippen molar-refractivity contribution in [1.29, 1.82) is 0 Å². The lowest BCUT2D eigenvalue weighted by Crippen LogP contribution is -2.49. The van der Waals surface area contributed by atoms with Crippen molar-refractivity contribution in [3.63, 3.8) is 0 Å². The molecule has 174 valence electrons. The number of hydrogen-bond acceptors (Lipinski definition) is 4. The predicted molar refractivity (Wildman–Crippen MR) is 132 cm³/mol. The van der Waals surface area contributed by atoms with Crippen LogP contribution in [0.5, 0.6) is 0 Å². The number of ether oxygens (including phenoxy) is 1. The summed E-state index contributed by atoms with van der Waals surface area (Å²) in [6.45, 7) is 5.31. The smallest absolute Gasteiger partial charge is 0.243 e. The van der Waals surface area contributed by atoms with Crippen molar-refractivity contribution in [2.75, 3.05) is 39.3 Å². The van der Waals surface area contributed by atoms with E-state index in [4.69, 9.17) is 16.3 Å². The molecular weight excluding hydrogens is 456 g/mol. The molecule has 1 heterocycles. The van der Waals surface area contributed by atoms with Gasteiger partial charge in [0.15, 0.2) is 0 Å². The van der Waals surface area contributed by atoms with Gasteiger partial charge in [-0.2, -0.15) is 4.31 Å². The lowest BCUT2D eigenvalue weighted by atomic mass is 10.0. The Morgan fingerprint density at radius 1 is 0.848 bits per heavy atom. The maximum absolute atomic E-state index is 13.1. The second-order valence-corrected chi connectivity index (χ2v) is 10.5. The Bertz CT molecular complexity index is 1110. The zero-order valence-corrected chi connectivity index (χ0v) is 20.3. The van der Waals surface area contributed by atoms with Crippen molar-refractivity contribution in [2.45, 2.75) is 17.9 Å². The van der Waals surface area contributed by atoms with Crippen LogP contribution in [0.15, 0.2) is 83.8 Å². The van der Waals surface area contributed by atoms with E-state index in [1.54, 1.807) is 29.4 Å². The van der Waals surface area contributed by atoms with E-state index in [0.29, 0.717) is 48.3 Å². The first-order valence-corrected chi connectivity index (χ1v) is 13.0. The summed E-state index contributed by atoms with van der Waals surface area (Å²) in [5.41, 5.74) is 2.84. The van der Waals surface area contributed by atoms with Crippen LogP contribution in [-0.2, 0) is 14.8 Å². The second-order valence-electron chi connectivity index (χ2n) is 8.18. The number of halogens is 1. The maximum atomic E-state index is 13.1. The molecule has 0 unspecified atom stereocenters. The van der Waals surface area contributed by atoms with Gasteiger partial charge < -0.3 is 4.74 Å². The fourth-order valence-corrected chi connectivity index (χ4v) is 6.04. The second kappa shape index (κ2) is 10.8. The third-order valence-electron chi connectivity index (χ3n) is 6.06. The first-order chi connectivity index (χ1) is 16.0. The third kappa shape index (κ3) is 5.65. The van der Waals surface area contributed by atoms with Crippen molar-refractivity contribution in [1.82, 2.24) is 9.21 Å². The molecule has 3 aromatic carbocycles. The van der Waals surface area contributed by atoms with Gasteiger partial charge in [0.25, 0.3) is 0 Å². The summed E-state index contributed by atoms with van der Waals surface area (Å²) in [6.07, 6.45) is -0.125. The van der Waals surface area contributed by atoms with Gasteiger partial charge in [-0.15, -0.1) is 0 Å². The number of benzene rings is 3. The lowest BCUT2D eigenvalue weighted by Gasteiger charge is -2.34. The molecule has 0 atom stereocenters. The Balaban J connectivity index is 1.34. The van der Waals surface area contributed by atoms with Gasteiger partial charge in [-0.3, -0.25) is 4.90 Å². The highest BCUT2D eigenvalue weighted by molar-refractivity contribution is 7.89. The van der Waals surface area contributed by atoms with Crippen LogP contribution < -0.4 is 0 Å². The summed E-state index contributed by atoms with van der Waals surface area (Å²) in [5, 5.41) is 0.471. The van der Waals surface area contributed by atoms with Gasteiger partial charge in [-0.25, -0.2) is 8.42 Å². The Morgan fingerprint density at radius 2 is 1.42 bits per heavy atom. The minimum Gasteiger partial charge on any atom is -0.367 e. The minimum atomic E-state index is -3.55. The molecular formula is C26H29ClN2O3S. The summed E-state index contributed by atoms with van der Waals surface area (Å²) < 4.78 is 34.1. The van der Waals surface area contributed by atoms with E-state index >= 15 is 0 Å². The number of nitrogens with zero attached hydrogens (tertiary/aromatic N) is 2. The molecule has 0 spiro atoms. The van der Waals surface area contributed by atoms with Gasteiger partial charge in [0, 0.05) is 37.7 Å². The average Bonchev–Trinajstić information content (AvgIpc) is 2.85. The average molecular weight is 485 g/mol. The van der Waals surface area contributed by atoms with E-state index in [0.717, 1.165) is 17.7 Å². The number of hydrogen-bond donors (Lipinski definition) is 0. The highest BCUT2D eigenvalue weighted by Crippen LogP contribution is 2.27. The van der Waals surface area contributed by atoms with Crippen LogP contribution >= 0.6 is 11.6 Å². The first-order valence-electron chi connectivity index (χ1n) is 11.2. The van der Waals surface area contributed by atoms with E-state index in [1.165, 1.54) is 0 Å². The van der Waals surface area contributed by atoms with Crippen LogP contribution in [0, 0.1) is 6.92 Å². The molecule has 0 bridgehead atoms. The Hall–Kier alpha value is -2.22. The summed E-state index contributed by atoms with van der Waals surface area (Å²) >= 11 is 6.15. The predicted octanol–water partition coefficient (Wildman–Crippen LogP) is 4.76. The van der Waals surface area contributed by atoms with Crippen molar-refractivity contribution >= 4 is 21.6 Å². The maximum Gasteiger partial charge on any atom is 0.243 e. The van der Waals surface area contributed by atoms with Gasteiger partial charge in [0.05, 0.1) is 11.5 Å². The Labute approximate surface area is 201 Å². The van der Waals surface area contributed by atoms with Gasteiger partial charge in [-0.1, -0.05) is 78.3 Å². The van der Waals surface area contributed by atoms with E-state index in [-0.39, 0.29) is 6.10 Å². The quantitative estimate of drug-likeness (QED) is 0.462. The molecule has 0 N–H and O–H groups in total.